The van der Waals surface area contributed by atoms with E-state index in [-0.39, 0.29) is 5.48 Å². The largest absolute Gasteiger partial charge is 0.370 e. The minimum absolute atomic E-state index is 0.0754. The number of fused-ring (bicyclic) bond motifs is 3. The molecule has 0 aliphatic heterocycles. The first-order valence-electron chi connectivity index (χ1n) is 7.35. The highest BCUT2D eigenvalue weighted by atomic mass is 79.9. The van der Waals surface area contributed by atoms with Gasteiger partial charge in [-0.05, 0) is 36.4 Å². The number of halogens is 3. The van der Waals surface area contributed by atoms with Gasteiger partial charge in [0.2, 0.25) is 0 Å². The van der Waals surface area contributed by atoms with Crippen LogP contribution in [0.1, 0.15) is 0 Å². The molecule has 0 saturated heterocycles. The predicted octanol–water partition coefficient (Wildman–Crippen LogP) is 2.85. The lowest BCUT2D eigenvalue weighted by Crippen LogP contribution is -2.28. The van der Waals surface area contributed by atoms with Crippen molar-refractivity contribution in [1.29, 1.82) is 0 Å². The van der Waals surface area contributed by atoms with Crippen LogP contribution in [0.3, 0.4) is 0 Å². The molecule has 25 heavy (non-hydrogen) atoms. The van der Waals surface area contributed by atoms with Gasteiger partial charge in [0.15, 0.2) is 5.48 Å². The van der Waals surface area contributed by atoms with E-state index in [1.54, 1.807) is 16.5 Å². The molecule has 4 aromatic rings. The Labute approximate surface area is 154 Å². The molecule has 0 radical (unpaired) electrons. The van der Waals surface area contributed by atoms with E-state index in [1.807, 2.05) is 42.0 Å². The molecule has 8 heteroatoms. The molecule has 4 rings (SSSR count). The second-order valence-corrected chi connectivity index (χ2v) is 6.79. The molecule has 5 nitrogen and oxygen atoms in total. The average molecular weight is 420 g/mol. The van der Waals surface area contributed by atoms with E-state index in [0.29, 0.717) is 28.1 Å². The molecule has 2 aromatic heterocycles. The first kappa shape index (κ1) is 16.1. The van der Waals surface area contributed by atoms with Crippen molar-refractivity contribution in [2.24, 2.45) is 0 Å². The normalized spacial score (nSPS) is 13.7. The van der Waals surface area contributed by atoms with Crippen LogP contribution in [0.5, 0.6) is 0 Å². The van der Waals surface area contributed by atoms with Gasteiger partial charge in [-0.15, -0.1) is 5.10 Å². The number of benzene rings is 2. The van der Waals surface area contributed by atoms with Gasteiger partial charge in [0.25, 0.3) is 0 Å². The maximum Gasteiger partial charge on any atom is 0.370 e. The van der Waals surface area contributed by atoms with E-state index in [2.05, 4.69) is 31.1 Å². The summed E-state index contributed by atoms with van der Waals surface area (Å²) in [7, 11) is 1.91. The molecular weight excluding hydrogens is 409 g/mol. The number of hydrogen-bond acceptors (Lipinski definition) is 3. The molecule has 2 heterocycles. The fourth-order valence-corrected chi connectivity index (χ4v) is 3.31. The average Bonchev–Trinajstić information content (AvgIpc) is 3.03. The van der Waals surface area contributed by atoms with Crippen LogP contribution in [0.15, 0.2) is 46.9 Å². The molecule has 0 bridgehead atoms. The Balaban J connectivity index is 2.23. The topological polar surface area (TPSA) is 46.1 Å². The minimum atomic E-state index is 0.0754. The van der Waals surface area contributed by atoms with Gasteiger partial charge in [-0.1, -0.05) is 38.7 Å². The highest BCUT2D eigenvalue weighted by molar-refractivity contribution is 9.10. The van der Waals surface area contributed by atoms with Gasteiger partial charge in [-0.2, -0.15) is 0 Å². The van der Waals surface area contributed by atoms with Gasteiger partial charge < -0.3 is 0 Å². The second-order valence-electron chi connectivity index (χ2n) is 5.44. The van der Waals surface area contributed by atoms with E-state index in [9.17, 15) is 4.39 Å². The Morgan fingerprint density at radius 2 is 2.04 bits per heavy atom. The summed E-state index contributed by atoms with van der Waals surface area (Å²) in [6.07, 6.45) is 0.403. The third-order valence-electron chi connectivity index (χ3n) is 3.93. The zero-order chi connectivity index (χ0) is 17.6. The number of hydrogen-bond donors (Lipinski definition) is 0. The van der Waals surface area contributed by atoms with Gasteiger partial charge in [0.05, 0.1) is 18.0 Å². The third kappa shape index (κ3) is 2.69. The van der Waals surface area contributed by atoms with Crippen molar-refractivity contribution in [3.05, 3.63) is 62.9 Å². The molecule has 0 saturated carbocycles. The molecule has 2 aromatic carbocycles. The molecule has 0 spiro atoms. The van der Waals surface area contributed by atoms with Gasteiger partial charge in [0, 0.05) is 14.5 Å². The Hall–Kier alpha value is -2.38. The lowest BCUT2D eigenvalue weighted by atomic mass is 10.2. The summed E-state index contributed by atoms with van der Waals surface area (Å²) in [6, 6.07) is 13.2. The van der Waals surface area contributed by atoms with Gasteiger partial charge in [-0.3, -0.25) is 0 Å². The molecule has 0 aliphatic carbocycles. The minimum Gasteiger partial charge on any atom is -0.235 e. The lowest BCUT2D eigenvalue weighted by molar-refractivity contribution is 0.781. The molecule has 0 amide bonds. The van der Waals surface area contributed by atoms with Crippen LogP contribution >= 0.6 is 27.5 Å². The molecule has 0 fully saturated rings. The SMILES string of the molecule is C[N+](c1cccc(Br)c1)=c1nc2nn/c(=C/F)n2c2cc(Cl)ccc12. The zero-order valence-electron chi connectivity index (χ0n) is 13.0. The van der Waals surface area contributed by atoms with Crippen molar-refractivity contribution < 1.29 is 4.39 Å². The molecule has 0 aliphatic rings. The molecule has 0 N–H and O–H groups in total. The Morgan fingerprint density at radius 3 is 2.80 bits per heavy atom. The van der Waals surface area contributed by atoms with E-state index < -0.39 is 0 Å². The van der Waals surface area contributed by atoms with E-state index in [1.165, 1.54) is 0 Å². The van der Waals surface area contributed by atoms with Crippen LogP contribution in [0.2, 0.25) is 5.02 Å². The van der Waals surface area contributed by atoms with Crippen LogP contribution in [0.25, 0.3) is 23.0 Å². The summed E-state index contributed by atoms with van der Waals surface area (Å²) >= 11 is 9.63. The maximum atomic E-state index is 13.2. The van der Waals surface area contributed by atoms with Crippen molar-refractivity contribution >= 4 is 56.2 Å². The van der Waals surface area contributed by atoms with Gasteiger partial charge in [0.1, 0.15) is 12.0 Å². The van der Waals surface area contributed by atoms with Crippen LogP contribution < -0.4 is 15.5 Å². The fraction of sp³-hybridized carbons (Fsp3) is 0.0588. The summed E-state index contributed by atoms with van der Waals surface area (Å²) in [5, 5.41) is 9.15. The first-order valence-corrected chi connectivity index (χ1v) is 8.52. The maximum absolute atomic E-state index is 13.2. The quantitative estimate of drug-likeness (QED) is 0.446. The lowest BCUT2D eigenvalue weighted by Gasteiger charge is -2.03. The number of rotatable bonds is 1. The van der Waals surface area contributed by atoms with Gasteiger partial charge in [-0.25, -0.2) is 13.4 Å². The smallest absolute Gasteiger partial charge is 0.235 e. The third-order valence-corrected chi connectivity index (χ3v) is 4.66. The predicted molar refractivity (Wildman–Crippen MR) is 99.1 cm³/mol. The number of aromatic nitrogens is 4. The molecular formula is C17H11BrClFN5+. The first-order chi connectivity index (χ1) is 12.1. The Kier molecular flexibility index (Phi) is 3.97. The van der Waals surface area contributed by atoms with Crippen LogP contribution in [0.4, 0.5) is 10.1 Å². The summed E-state index contributed by atoms with van der Waals surface area (Å²) in [4.78, 5) is 4.58. The summed E-state index contributed by atoms with van der Waals surface area (Å²) < 4.78 is 17.6. The van der Waals surface area contributed by atoms with Crippen LogP contribution in [-0.4, -0.2) is 26.6 Å². The summed E-state index contributed by atoms with van der Waals surface area (Å²) in [5.41, 5.74) is 2.38. The van der Waals surface area contributed by atoms with Crippen molar-refractivity contribution in [3.8, 4) is 0 Å². The molecule has 124 valence electrons. The highest BCUT2D eigenvalue weighted by Crippen LogP contribution is 2.18. The van der Waals surface area contributed by atoms with E-state index in [4.69, 9.17) is 11.6 Å². The van der Waals surface area contributed by atoms with Crippen molar-refractivity contribution in [3.63, 3.8) is 0 Å². The summed E-state index contributed by atoms with van der Waals surface area (Å²) in [6.45, 7) is 0. The monoisotopic (exact) mass is 418 g/mol. The van der Waals surface area contributed by atoms with Crippen molar-refractivity contribution in [2.45, 2.75) is 0 Å². The fourth-order valence-electron chi connectivity index (χ4n) is 2.76. The standard InChI is InChI=1S/C17H11BrClFN5/c1-24(12-4-2-3-10(18)7-12)16-13-6-5-11(19)8-14(13)25-15(9-20)22-23-17(25)21-16/h2-9H,1H3/q+1/b15-9-. The van der Waals surface area contributed by atoms with E-state index >= 15 is 0 Å². The Bertz CT molecular complexity index is 1250. The zero-order valence-corrected chi connectivity index (χ0v) is 15.3. The number of nitrogens with zero attached hydrogens (tertiary/aromatic N) is 5. The summed E-state index contributed by atoms with van der Waals surface area (Å²) in [5.74, 6) is 0.301. The van der Waals surface area contributed by atoms with Crippen LogP contribution in [0, 0.1) is 0 Å². The molecule has 0 atom stereocenters. The van der Waals surface area contributed by atoms with Crippen molar-refractivity contribution in [1.82, 2.24) is 24.2 Å². The van der Waals surface area contributed by atoms with Gasteiger partial charge >= 0.3 is 11.3 Å². The molecule has 0 unspecified atom stereocenters. The van der Waals surface area contributed by atoms with Crippen molar-refractivity contribution in [2.75, 3.05) is 7.05 Å². The van der Waals surface area contributed by atoms with Crippen LogP contribution in [-0.2, 0) is 0 Å². The highest BCUT2D eigenvalue weighted by Gasteiger charge is 2.17. The Morgan fingerprint density at radius 1 is 1.20 bits per heavy atom. The second kappa shape index (κ2) is 6.16. The van der Waals surface area contributed by atoms with E-state index in [0.717, 1.165) is 15.5 Å².